The van der Waals surface area contributed by atoms with Crippen LogP contribution in [0, 0.1) is 11.8 Å². The van der Waals surface area contributed by atoms with E-state index in [9.17, 15) is 5.11 Å². The first kappa shape index (κ1) is 12.3. The van der Waals surface area contributed by atoms with Crippen molar-refractivity contribution in [2.75, 3.05) is 0 Å². The van der Waals surface area contributed by atoms with Crippen molar-refractivity contribution < 1.29 is 5.11 Å². The molecule has 0 amide bonds. The predicted octanol–water partition coefficient (Wildman–Crippen LogP) is 4.58. The first-order chi connectivity index (χ1) is 9.76. The highest BCUT2D eigenvalue weighted by atomic mass is 16.3. The average Bonchev–Trinajstić information content (AvgIpc) is 2.48. The number of fused-ring (bicyclic) bond motifs is 1. The zero-order valence-corrected chi connectivity index (χ0v) is 11.2. The summed E-state index contributed by atoms with van der Waals surface area (Å²) in [7, 11) is 0. The SMILES string of the molecule is CC#Cc1ccc(-c2ccc3cc(O)ccc3c2)cc1. The van der Waals surface area contributed by atoms with Gasteiger partial charge in [-0.3, -0.25) is 0 Å². The number of phenolic OH excluding ortho intramolecular Hbond substituents is 1. The van der Waals surface area contributed by atoms with E-state index in [1.165, 1.54) is 11.1 Å². The van der Waals surface area contributed by atoms with E-state index in [1.807, 2.05) is 31.2 Å². The second kappa shape index (κ2) is 5.11. The van der Waals surface area contributed by atoms with Gasteiger partial charge < -0.3 is 5.11 Å². The van der Waals surface area contributed by atoms with Crippen LogP contribution in [0.4, 0.5) is 0 Å². The van der Waals surface area contributed by atoms with Gasteiger partial charge in [-0.05, 0) is 59.2 Å². The monoisotopic (exact) mass is 258 g/mol. The highest BCUT2D eigenvalue weighted by Gasteiger charge is 2.00. The summed E-state index contributed by atoms with van der Waals surface area (Å²) >= 11 is 0. The van der Waals surface area contributed by atoms with E-state index in [0.717, 1.165) is 16.3 Å². The van der Waals surface area contributed by atoms with Crippen molar-refractivity contribution in [2.45, 2.75) is 6.92 Å². The summed E-state index contributed by atoms with van der Waals surface area (Å²) in [6.45, 7) is 1.84. The molecule has 3 rings (SSSR count). The van der Waals surface area contributed by atoms with Crippen LogP contribution in [0.15, 0.2) is 60.7 Å². The molecule has 3 aromatic rings. The first-order valence-corrected chi connectivity index (χ1v) is 6.52. The average molecular weight is 258 g/mol. The van der Waals surface area contributed by atoms with Gasteiger partial charge in [0.25, 0.3) is 0 Å². The van der Waals surface area contributed by atoms with E-state index in [2.05, 4.69) is 36.1 Å². The molecule has 0 aliphatic carbocycles. The van der Waals surface area contributed by atoms with E-state index in [0.29, 0.717) is 5.75 Å². The molecule has 0 aromatic heterocycles. The maximum Gasteiger partial charge on any atom is 0.116 e. The highest BCUT2D eigenvalue weighted by molar-refractivity contribution is 5.88. The number of hydrogen-bond acceptors (Lipinski definition) is 1. The maximum atomic E-state index is 9.48. The number of phenols is 1. The normalized spacial score (nSPS) is 10.1. The van der Waals surface area contributed by atoms with Gasteiger partial charge in [-0.15, -0.1) is 5.92 Å². The van der Waals surface area contributed by atoms with Gasteiger partial charge in [0.1, 0.15) is 5.75 Å². The highest BCUT2D eigenvalue weighted by Crippen LogP contribution is 2.26. The number of aromatic hydroxyl groups is 1. The van der Waals surface area contributed by atoms with Crippen LogP contribution in [0.2, 0.25) is 0 Å². The van der Waals surface area contributed by atoms with Crippen LogP contribution in [0.3, 0.4) is 0 Å². The van der Waals surface area contributed by atoms with Gasteiger partial charge in [-0.25, -0.2) is 0 Å². The fourth-order valence-corrected chi connectivity index (χ4v) is 2.30. The second-order valence-corrected chi connectivity index (χ2v) is 4.70. The Bertz CT molecular complexity index is 818. The molecule has 3 aromatic carbocycles. The standard InChI is InChI=1S/C19H14O/c1-2-3-14-4-6-15(7-5-14)16-8-9-18-13-19(20)11-10-17(18)12-16/h4-13,20H,1H3. The van der Waals surface area contributed by atoms with Crippen molar-refractivity contribution in [3.63, 3.8) is 0 Å². The molecule has 0 spiro atoms. The zero-order chi connectivity index (χ0) is 13.9. The van der Waals surface area contributed by atoms with Gasteiger partial charge in [0.15, 0.2) is 0 Å². The Hall–Kier alpha value is -2.72. The molecule has 1 heteroatoms. The van der Waals surface area contributed by atoms with Gasteiger partial charge in [0.2, 0.25) is 0 Å². The quantitative estimate of drug-likeness (QED) is 0.633. The maximum absolute atomic E-state index is 9.48. The van der Waals surface area contributed by atoms with Gasteiger partial charge in [-0.2, -0.15) is 0 Å². The molecule has 0 bridgehead atoms. The predicted molar refractivity (Wildman–Crippen MR) is 83.6 cm³/mol. The number of benzene rings is 3. The second-order valence-electron chi connectivity index (χ2n) is 4.70. The molecule has 0 unspecified atom stereocenters. The summed E-state index contributed by atoms with van der Waals surface area (Å²) in [5.41, 5.74) is 3.36. The van der Waals surface area contributed by atoms with Gasteiger partial charge in [0, 0.05) is 5.56 Å². The Labute approximate surface area is 118 Å². The molecule has 0 heterocycles. The van der Waals surface area contributed by atoms with Gasteiger partial charge >= 0.3 is 0 Å². The van der Waals surface area contributed by atoms with Crippen molar-refractivity contribution in [2.24, 2.45) is 0 Å². The van der Waals surface area contributed by atoms with E-state index >= 15 is 0 Å². The van der Waals surface area contributed by atoms with E-state index in [4.69, 9.17) is 0 Å². The minimum Gasteiger partial charge on any atom is -0.508 e. The minimum atomic E-state index is 0.299. The van der Waals surface area contributed by atoms with Crippen LogP contribution in [-0.2, 0) is 0 Å². The smallest absolute Gasteiger partial charge is 0.116 e. The van der Waals surface area contributed by atoms with Crippen LogP contribution in [0.1, 0.15) is 12.5 Å². The molecule has 1 nitrogen and oxygen atoms in total. The molecule has 96 valence electrons. The summed E-state index contributed by atoms with van der Waals surface area (Å²) in [6.07, 6.45) is 0. The lowest BCUT2D eigenvalue weighted by atomic mass is 10.0. The Morgan fingerprint density at radius 1 is 0.750 bits per heavy atom. The lowest BCUT2D eigenvalue weighted by Gasteiger charge is -2.05. The van der Waals surface area contributed by atoms with Crippen LogP contribution < -0.4 is 0 Å². The summed E-state index contributed by atoms with van der Waals surface area (Å²) in [5.74, 6) is 6.24. The Morgan fingerprint density at radius 2 is 1.40 bits per heavy atom. The molecule has 0 atom stereocenters. The largest absolute Gasteiger partial charge is 0.508 e. The molecular weight excluding hydrogens is 244 g/mol. The summed E-state index contributed by atoms with van der Waals surface area (Å²) < 4.78 is 0. The number of rotatable bonds is 1. The Kier molecular flexibility index (Phi) is 3.15. The van der Waals surface area contributed by atoms with Crippen LogP contribution in [-0.4, -0.2) is 5.11 Å². The van der Waals surface area contributed by atoms with Crippen molar-refractivity contribution in [3.8, 4) is 28.7 Å². The molecule has 1 N–H and O–H groups in total. The van der Waals surface area contributed by atoms with Crippen molar-refractivity contribution in [1.29, 1.82) is 0 Å². The number of hydrogen-bond donors (Lipinski definition) is 1. The molecule has 0 radical (unpaired) electrons. The van der Waals surface area contributed by atoms with E-state index < -0.39 is 0 Å². The van der Waals surface area contributed by atoms with Crippen molar-refractivity contribution >= 4 is 10.8 Å². The molecule has 0 saturated carbocycles. The topological polar surface area (TPSA) is 20.2 Å². The fourth-order valence-electron chi connectivity index (χ4n) is 2.30. The van der Waals surface area contributed by atoms with Crippen molar-refractivity contribution in [3.05, 3.63) is 66.2 Å². The van der Waals surface area contributed by atoms with E-state index in [1.54, 1.807) is 12.1 Å². The third-order valence-electron chi connectivity index (χ3n) is 3.31. The minimum absolute atomic E-state index is 0.299. The fraction of sp³-hybridized carbons (Fsp3) is 0.0526. The van der Waals surface area contributed by atoms with Crippen LogP contribution in [0.25, 0.3) is 21.9 Å². The van der Waals surface area contributed by atoms with Gasteiger partial charge in [-0.1, -0.05) is 36.3 Å². The third-order valence-corrected chi connectivity index (χ3v) is 3.31. The summed E-state index contributed by atoms with van der Waals surface area (Å²) in [5, 5.41) is 11.7. The molecule has 0 aliphatic heterocycles. The van der Waals surface area contributed by atoms with Crippen LogP contribution in [0.5, 0.6) is 5.75 Å². The molecule has 0 saturated heterocycles. The first-order valence-electron chi connectivity index (χ1n) is 6.52. The van der Waals surface area contributed by atoms with Crippen molar-refractivity contribution in [1.82, 2.24) is 0 Å². The summed E-state index contributed by atoms with van der Waals surface area (Å²) in [6, 6.07) is 19.9. The van der Waals surface area contributed by atoms with E-state index in [-0.39, 0.29) is 0 Å². The molecule has 0 aliphatic rings. The Balaban J connectivity index is 2.04. The molecular formula is C19H14O. The third kappa shape index (κ3) is 2.37. The molecule has 20 heavy (non-hydrogen) atoms. The lowest BCUT2D eigenvalue weighted by Crippen LogP contribution is -1.80. The van der Waals surface area contributed by atoms with Gasteiger partial charge in [0.05, 0.1) is 0 Å². The lowest BCUT2D eigenvalue weighted by molar-refractivity contribution is 0.476. The zero-order valence-electron chi connectivity index (χ0n) is 11.2. The summed E-state index contributed by atoms with van der Waals surface area (Å²) in [4.78, 5) is 0. The Morgan fingerprint density at radius 3 is 2.15 bits per heavy atom. The van der Waals surface area contributed by atoms with Crippen LogP contribution >= 0.6 is 0 Å². The molecule has 0 fully saturated rings.